The average molecular weight is 330 g/mol. The smallest absolute Gasteiger partial charge is 0.339 e. The summed E-state index contributed by atoms with van der Waals surface area (Å²) in [5.41, 5.74) is 2.14. The Hall–Kier alpha value is -3.19. The number of carbonyl (C=O) groups excluding carboxylic acids is 1. The second-order valence-electron chi connectivity index (χ2n) is 6.56. The summed E-state index contributed by atoms with van der Waals surface area (Å²) in [6.45, 7) is 5.54. The van der Waals surface area contributed by atoms with Crippen LogP contribution in [0, 0.1) is 11.8 Å². The number of benzene rings is 1. The lowest BCUT2D eigenvalue weighted by molar-refractivity contribution is 0.00718. The fourth-order valence-corrected chi connectivity index (χ4v) is 2.31. The van der Waals surface area contributed by atoms with Crippen molar-refractivity contribution in [3.63, 3.8) is 0 Å². The quantitative estimate of drug-likeness (QED) is 0.500. The maximum atomic E-state index is 12.4. The van der Waals surface area contributed by atoms with Gasteiger partial charge >= 0.3 is 5.97 Å². The van der Waals surface area contributed by atoms with Crippen LogP contribution < -0.4 is 0 Å². The Bertz CT molecular complexity index is 977. The Balaban J connectivity index is 1.95. The van der Waals surface area contributed by atoms with Crippen molar-refractivity contribution in [2.75, 3.05) is 0 Å². The molecule has 0 unspecified atom stereocenters. The molecule has 1 aromatic carbocycles. The molecule has 0 aliphatic carbocycles. The number of hydrogen-bond acceptors (Lipinski definition) is 4. The molecule has 0 atom stereocenters. The zero-order valence-corrected chi connectivity index (χ0v) is 14.4. The lowest BCUT2D eigenvalue weighted by Gasteiger charge is -2.20. The van der Waals surface area contributed by atoms with Crippen molar-refractivity contribution in [2.45, 2.75) is 26.4 Å². The van der Waals surface area contributed by atoms with E-state index < -0.39 is 5.60 Å². The Labute approximate surface area is 146 Å². The van der Waals surface area contributed by atoms with E-state index >= 15 is 0 Å². The molecule has 124 valence electrons. The van der Waals surface area contributed by atoms with Crippen LogP contribution in [0.4, 0.5) is 0 Å². The van der Waals surface area contributed by atoms with Gasteiger partial charge in [-0.15, -0.1) is 0 Å². The second-order valence-corrected chi connectivity index (χ2v) is 6.56. The zero-order chi connectivity index (χ0) is 17.9. The SMILES string of the molecule is CC(C)(C)OC(=O)c1cccc2nc(C#Cc3cccnc3)ccc12. The predicted octanol–water partition coefficient (Wildman–Crippen LogP) is 3.98. The number of fused-ring (bicyclic) bond motifs is 1. The van der Waals surface area contributed by atoms with Crippen molar-refractivity contribution in [2.24, 2.45) is 0 Å². The molecule has 0 aliphatic rings. The third kappa shape index (κ3) is 4.21. The Morgan fingerprint density at radius 1 is 1.04 bits per heavy atom. The highest BCUT2D eigenvalue weighted by molar-refractivity contribution is 6.03. The summed E-state index contributed by atoms with van der Waals surface area (Å²) in [5.74, 6) is 5.70. The molecule has 0 spiro atoms. The van der Waals surface area contributed by atoms with Crippen LogP contribution in [0.25, 0.3) is 10.9 Å². The molecule has 3 rings (SSSR count). The molecule has 0 fully saturated rings. The highest BCUT2D eigenvalue weighted by Crippen LogP contribution is 2.21. The van der Waals surface area contributed by atoms with Crippen LogP contribution in [0.1, 0.15) is 42.4 Å². The largest absolute Gasteiger partial charge is 0.456 e. The lowest BCUT2D eigenvalue weighted by atomic mass is 10.1. The van der Waals surface area contributed by atoms with Crippen LogP contribution in [0.15, 0.2) is 54.9 Å². The summed E-state index contributed by atoms with van der Waals surface area (Å²) in [7, 11) is 0. The van der Waals surface area contributed by atoms with E-state index in [4.69, 9.17) is 4.74 Å². The van der Waals surface area contributed by atoms with Gasteiger partial charge in [0, 0.05) is 23.3 Å². The predicted molar refractivity (Wildman–Crippen MR) is 97.1 cm³/mol. The van der Waals surface area contributed by atoms with Gasteiger partial charge in [-0.1, -0.05) is 12.0 Å². The zero-order valence-electron chi connectivity index (χ0n) is 14.4. The summed E-state index contributed by atoms with van der Waals surface area (Å²) in [5, 5.41) is 0.753. The fraction of sp³-hybridized carbons (Fsp3) is 0.190. The first-order valence-electron chi connectivity index (χ1n) is 7.97. The van der Waals surface area contributed by atoms with Crippen molar-refractivity contribution in [1.29, 1.82) is 0 Å². The first kappa shape index (κ1) is 16.7. The van der Waals surface area contributed by atoms with Crippen LogP contribution >= 0.6 is 0 Å². The summed E-state index contributed by atoms with van der Waals surface area (Å²) in [6.07, 6.45) is 3.41. The molecule has 2 aromatic heterocycles. The van der Waals surface area contributed by atoms with Crippen LogP contribution in [0.5, 0.6) is 0 Å². The molecular formula is C21H18N2O2. The van der Waals surface area contributed by atoms with Crippen LogP contribution in [-0.2, 0) is 4.74 Å². The van der Waals surface area contributed by atoms with E-state index in [-0.39, 0.29) is 5.97 Å². The molecule has 2 heterocycles. The molecule has 4 heteroatoms. The van der Waals surface area contributed by atoms with Crippen molar-refractivity contribution < 1.29 is 9.53 Å². The van der Waals surface area contributed by atoms with Crippen molar-refractivity contribution in [3.05, 3.63) is 71.7 Å². The Kier molecular flexibility index (Phi) is 4.49. The molecule has 0 amide bonds. The van der Waals surface area contributed by atoms with E-state index in [2.05, 4.69) is 21.8 Å². The van der Waals surface area contributed by atoms with Crippen molar-refractivity contribution >= 4 is 16.9 Å². The molecule has 0 bridgehead atoms. The van der Waals surface area contributed by atoms with Gasteiger partial charge < -0.3 is 4.74 Å². The van der Waals surface area contributed by atoms with Gasteiger partial charge in [-0.05, 0) is 63.1 Å². The maximum Gasteiger partial charge on any atom is 0.339 e. The van der Waals surface area contributed by atoms with E-state index in [0.717, 1.165) is 10.9 Å². The molecule has 0 saturated heterocycles. The number of hydrogen-bond donors (Lipinski definition) is 0. The van der Waals surface area contributed by atoms with Gasteiger partial charge in [0.15, 0.2) is 0 Å². The summed E-state index contributed by atoms with van der Waals surface area (Å²) in [4.78, 5) is 20.9. The minimum Gasteiger partial charge on any atom is -0.456 e. The molecular weight excluding hydrogens is 312 g/mol. The highest BCUT2D eigenvalue weighted by atomic mass is 16.6. The Morgan fingerprint density at radius 3 is 2.60 bits per heavy atom. The summed E-state index contributed by atoms with van der Waals surface area (Å²) in [6, 6.07) is 12.8. The molecule has 0 saturated carbocycles. The number of carbonyl (C=O) groups is 1. The van der Waals surface area contributed by atoms with E-state index in [0.29, 0.717) is 16.8 Å². The van der Waals surface area contributed by atoms with Crippen molar-refractivity contribution in [3.8, 4) is 11.8 Å². The first-order chi connectivity index (χ1) is 11.9. The van der Waals surface area contributed by atoms with E-state index in [1.54, 1.807) is 30.6 Å². The second kappa shape index (κ2) is 6.74. The average Bonchev–Trinajstić information content (AvgIpc) is 2.58. The maximum absolute atomic E-state index is 12.4. The molecule has 0 N–H and O–H groups in total. The van der Waals surface area contributed by atoms with Gasteiger partial charge in [0.2, 0.25) is 0 Å². The summed E-state index contributed by atoms with van der Waals surface area (Å²) >= 11 is 0. The fourth-order valence-electron chi connectivity index (χ4n) is 2.31. The minimum absolute atomic E-state index is 0.353. The number of esters is 1. The summed E-state index contributed by atoms with van der Waals surface area (Å²) < 4.78 is 5.47. The first-order valence-corrected chi connectivity index (χ1v) is 7.97. The number of rotatable bonds is 1. The molecule has 0 aliphatic heterocycles. The van der Waals surface area contributed by atoms with E-state index in [1.165, 1.54) is 0 Å². The van der Waals surface area contributed by atoms with Crippen LogP contribution in [-0.4, -0.2) is 21.5 Å². The van der Waals surface area contributed by atoms with Gasteiger partial charge in [0.05, 0.1) is 11.1 Å². The normalized spacial score (nSPS) is 10.8. The van der Waals surface area contributed by atoms with Gasteiger partial charge in [0.1, 0.15) is 11.3 Å². The number of aromatic nitrogens is 2. The Morgan fingerprint density at radius 2 is 1.88 bits per heavy atom. The van der Waals surface area contributed by atoms with Gasteiger partial charge in [-0.3, -0.25) is 4.98 Å². The van der Waals surface area contributed by atoms with Crippen LogP contribution in [0.3, 0.4) is 0 Å². The topological polar surface area (TPSA) is 52.1 Å². The number of pyridine rings is 2. The standard InChI is InChI=1S/C21H18N2O2/c1-21(2,3)25-20(24)18-7-4-8-19-17(18)12-11-16(23-19)10-9-15-6-5-13-22-14-15/h4-8,11-14H,1-3H3. The highest BCUT2D eigenvalue weighted by Gasteiger charge is 2.19. The van der Waals surface area contributed by atoms with Crippen LogP contribution in [0.2, 0.25) is 0 Å². The van der Waals surface area contributed by atoms with E-state index in [1.807, 2.05) is 45.0 Å². The van der Waals surface area contributed by atoms with E-state index in [9.17, 15) is 4.79 Å². The molecule has 4 nitrogen and oxygen atoms in total. The minimum atomic E-state index is -0.540. The molecule has 25 heavy (non-hydrogen) atoms. The van der Waals surface area contributed by atoms with Gasteiger partial charge in [-0.2, -0.15) is 0 Å². The third-order valence-electron chi connectivity index (χ3n) is 3.35. The van der Waals surface area contributed by atoms with Gasteiger partial charge in [0.25, 0.3) is 0 Å². The number of ether oxygens (including phenoxy) is 1. The van der Waals surface area contributed by atoms with Crippen molar-refractivity contribution in [1.82, 2.24) is 9.97 Å². The lowest BCUT2D eigenvalue weighted by Crippen LogP contribution is -2.24. The number of nitrogens with zero attached hydrogens (tertiary/aromatic N) is 2. The van der Waals surface area contributed by atoms with Gasteiger partial charge in [-0.25, -0.2) is 9.78 Å². The monoisotopic (exact) mass is 330 g/mol. The molecule has 3 aromatic rings. The third-order valence-corrected chi connectivity index (χ3v) is 3.35. The molecule has 0 radical (unpaired) electrons.